The molecule has 1 aliphatic carbocycles. The minimum Gasteiger partial charge on any atom is -0.474 e. The number of halogens is 1. The molecule has 3 atom stereocenters. The Kier molecular flexibility index (Phi) is 7.23. The van der Waals surface area contributed by atoms with Gasteiger partial charge in [0.15, 0.2) is 0 Å². The van der Waals surface area contributed by atoms with Crippen molar-refractivity contribution >= 4 is 23.2 Å². The third kappa shape index (κ3) is 5.82. The number of nitrogens with zero attached hydrogens (tertiary/aromatic N) is 3. The van der Waals surface area contributed by atoms with E-state index in [0.717, 1.165) is 57.4 Å². The molecule has 1 saturated carbocycles. The predicted octanol–water partition coefficient (Wildman–Crippen LogP) is 3.42. The first kappa shape index (κ1) is 23.4. The van der Waals surface area contributed by atoms with Crippen molar-refractivity contribution < 1.29 is 14.6 Å². The molecule has 2 aliphatic heterocycles. The maximum Gasteiger partial charge on any atom is 0.225 e. The molecule has 3 heterocycles. The van der Waals surface area contributed by atoms with Crippen LogP contribution in [0.25, 0.3) is 0 Å². The fraction of sp³-hybridized carbons (Fsp3) is 0.538. The van der Waals surface area contributed by atoms with E-state index in [0.29, 0.717) is 29.6 Å². The lowest BCUT2D eigenvalue weighted by molar-refractivity contribution is -0.126. The van der Waals surface area contributed by atoms with Gasteiger partial charge < -0.3 is 25.0 Å². The Hall–Kier alpha value is -2.35. The number of hydrogen-bond donors (Lipinski definition) is 2. The lowest BCUT2D eigenvalue weighted by Crippen LogP contribution is -2.48. The van der Waals surface area contributed by atoms with Crippen molar-refractivity contribution in [3.63, 3.8) is 0 Å². The molecule has 34 heavy (non-hydrogen) atoms. The number of hydrogen-bond acceptors (Lipinski definition) is 6. The van der Waals surface area contributed by atoms with Gasteiger partial charge in [-0.05, 0) is 75.5 Å². The SMILES string of the molecule is O=C(N[C@H](CN1CCCC1)[C@H](O)c1ccc(OC2CC2)nc1)C1CCN(c2ccc(Cl)cc2)C1. The van der Waals surface area contributed by atoms with Crippen LogP contribution in [0.4, 0.5) is 5.69 Å². The number of amides is 1. The van der Waals surface area contributed by atoms with Crippen LogP contribution >= 0.6 is 11.6 Å². The van der Waals surface area contributed by atoms with Crippen molar-refractivity contribution in [1.29, 1.82) is 0 Å². The van der Waals surface area contributed by atoms with Crippen LogP contribution in [0, 0.1) is 5.92 Å². The van der Waals surface area contributed by atoms with Gasteiger partial charge in [0.05, 0.1) is 12.0 Å². The molecule has 0 bridgehead atoms. The molecule has 7 nitrogen and oxygen atoms in total. The molecule has 3 fully saturated rings. The van der Waals surface area contributed by atoms with Crippen LogP contribution in [-0.2, 0) is 4.79 Å². The summed E-state index contributed by atoms with van der Waals surface area (Å²) in [5.74, 6) is 0.476. The summed E-state index contributed by atoms with van der Waals surface area (Å²) in [5.41, 5.74) is 1.77. The molecule has 1 unspecified atom stereocenters. The van der Waals surface area contributed by atoms with Crippen LogP contribution < -0.4 is 15.0 Å². The van der Waals surface area contributed by atoms with Gasteiger partial charge in [-0.3, -0.25) is 4.79 Å². The van der Waals surface area contributed by atoms with Gasteiger partial charge in [-0.2, -0.15) is 0 Å². The highest BCUT2D eigenvalue weighted by Crippen LogP contribution is 2.28. The highest BCUT2D eigenvalue weighted by Gasteiger charge is 2.33. The normalized spacial score (nSPS) is 22.5. The average Bonchev–Trinajstić information content (AvgIpc) is 3.29. The summed E-state index contributed by atoms with van der Waals surface area (Å²) in [6, 6.07) is 11.0. The quantitative estimate of drug-likeness (QED) is 0.568. The smallest absolute Gasteiger partial charge is 0.225 e. The van der Waals surface area contributed by atoms with Crippen LogP contribution in [0.15, 0.2) is 42.6 Å². The summed E-state index contributed by atoms with van der Waals surface area (Å²) in [6.07, 6.45) is 6.37. The Bertz CT molecular complexity index is 961. The molecule has 2 N–H and O–H groups in total. The second-order valence-electron chi connectivity index (χ2n) is 9.72. The fourth-order valence-corrected chi connectivity index (χ4v) is 4.98. The van der Waals surface area contributed by atoms with E-state index in [1.54, 1.807) is 6.20 Å². The first-order valence-electron chi connectivity index (χ1n) is 12.4. The number of anilines is 1. The number of aromatic nitrogens is 1. The zero-order valence-corrected chi connectivity index (χ0v) is 20.2. The van der Waals surface area contributed by atoms with E-state index in [1.807, 2.05) is 36.4 Å². The Labute approximate surface area is 206 Å². The number of pyridine rings is 1. The summed E-state index contributed by atoms with van der Waals surface area (Å²) < 4.78 is 5.73. The van der Waals surface area contributed by atoms with E-state index in [2.05, 4.69) is 20.1 Å². The van der Waals surface area contributed by atoms with Gasteiger partial charge in [-0.15, -0.1) is 0 Å². The third-order valence-electron chi connectivity index (χ3n) is 7.03. The molecular weight excluding hydrogens is 452 g/mol. The Morgan fingerprint density at radius 1 is 1.12 bits per heavy atom. The molecule has 3 aliphatic rings. The van der Waals surface area contributed by atoms with Crippen LogP contribution in [0.3, 0.4) is 0 Å². The number of likely N-dealkylation sites (tertiary alicyclic amines) is 1. The first-order valence-corrected chi connectivity index (χ1v) is 12.8. The highest BCUT2D eigenvalue weighted by atomic mass is 35.5. The Morgan fingerprint density at radius 2 is 1.88 bits per heavy atom. The Balaban J connectivity index is 1.23. The lowest BCUT2D eigenvalue weighted by atomic mass is 10.0. The molecule has 5 rings (SSSR count). The molecule has 2 saturated heterocycles. The highest BCUT2D eigenvalue weighted by molar-refractivity contribution is 6.30. The maximum atomic E-state index is 13.3. The maximum absolute atomic E-state index is 13.3. The number of carbonyl (C=O) groups excluding carboxylic acids is 1. The van der Waals surface area contributed by atoms with Gasteiger partial charge >= 0.3 is 0 Å². The van der Waals surface area contributed by atoms with Crippen LogP contribution in [0.1, 0.15) is 43.8 Å². The number of nitrogens with one attached hydrogen (secondary N) is 1. The molecule has 1 amide bonds. The topological polar surface area (TPSA) is 77.9 Å². The number of ether oxygens (including phenoxy) is 1. The van der Waals surface area contributed by atoms with Crippen molar-refractivity contribution in [1.82, 2.24) is 15.2 Å². The van der Waals surface area contributed by atoms with E-state index >= 15 is 0 Å². The molecule has 8 heteroatoms. The van der Waals surface area contributed by atoms with Gasteiger partial charge in [-0.25, -0.2) is 4.98 Å². The standard InChI is InChI=1S/C26H33ClN4O3/c27-20-4-6-21(7-5-20)31-14-11-19(16-31)26(33)29-23(17-30-12-1-2-13-30)25(32)18-3-10-24(28-15-18)34-22-8-9-22/h3-7,10,15,19,22-23,25,32H,1-2,8-9,11-14,16-17H2,(H,29,33)/t19?,23-,25-/m1/s1. The summed E-state index contributed by atoms with van der Waals surface area (Å²) >= 11 is 6.02. The van der Waals surface area contributed by atoms with Crippen molar-refractivity contribution in [3.05, 3.63) is 53.2 Å². The zero-order chi connectivity index (χ0) is 23.5. The number of rotatable bonds is 9. The van der Waals surface area contributed by atoms with Crippen LogP contribution in [-0.4, -0.2) is 65.8 Å². The van der Waals surface area contributed by atoms with E-state index in [4.69, 9.17) is 16.3 Å². The average molecular weight is 485 g/mol. The zero-order valence-electron chi connectivity index (χ0n) is 19.4. The van der Waals surface area contributed by atoms with E-state index in [9.17, 15) is 9.90 Å². The first-order chi connectivity index (χ1) is 16.5. The van der Waals surface area contributed by atoms with Crippen molar-refractivity contribution in [3.8, 4) is 5.88 Å². The van der Waals surface area contributed by atoms with Crippen molar-refractivity contribution in [2.75, 3.05) is 37.6 Å². The molecule has 182 valence electrons. The Morgan fingerprint density at radius 3 is 2.56 bits per heavy atom. The van der Waals surface area contributed by atoms with Crippen LogP contribution in [0.2, 0.25) is 5.02 Å². The summed E-state index contributed by atoms with van der Waals surface area (Å²) in [7, 11) is 0. The second-order valence-corrected chi connectivity index (χ2v) is 10.2. The largest absolute Gasteiger partial charge is 0.474 e. The molecule has 1 aromatic heterocycles. The lowest BCUT2D eigenvalue weighted by Gasteiger charge is -2.29. The molecule has 1 aromatic carbocycles. The van der Waals surface area contributed by atoms with E-state index < -0.39 is 12.1 Å². The summed E-state index contributed by atoms with van der Waals surface area (Å²) in [6.45, 7) is 4.11. The van der Waals surface area contributed by atoms with E-state index in [1.165, 1.54) is 0 Å². The van der Waals surface area contributed by atoms with E-state index in [-0.39, 0.29) is 17.9 Å². The van der Waals surface area contributed by atoms with Crippen LogP contribution in [0.5, 0.6) is 5.88 Å². The number of carbonyl (C=O) groups is 1. The summed E-state index contributed by atoms with van der Waals surface area (Å²) in [4.78, 5) is 22.2. The van der Waals surface area contributed by atoms with Gasteiger partial charge in [0.2, 0.25) is 11.8 Å². The van der Waals surface area contributed by atoms with Crippen molar-refractivity contribution in [2.24, 2.45) is 5.92 Å². The minimum atomic E-state index is -0.833. The fourth-order valence-electron chi connectivity index (χ4n) is 4.85. The van der Waals surface area contributed by atoms with Gasteiger partial charge in [0, 0.05) is 48.2 Å². The number of aliphatic hydroxyl groups excluding tert-OH is 1. The molecule has 2 aromatic rings. The molecular formula is C26H33ClN4O3. The minimum absolute atomic E-state index is 0.00126. The van der Waals surface area contributed by atoms with Gasteiger partial charge in [0.25, 0.3) is 0 Å². The number of benzene rings is 1. The molecule has 0 spiro atoms. The second kappa shape index (κ2) is 10.5. The molecule has 0 radical (unpaired) electrons. The van der Waals surface area contributed by atoms with Crippen molar-refractivity contribution in [2.45, 2.75) is 50.4 Å². The summed E-state index contributed by atoms with van der Waals surface area (Å²) in [5, 5.41) is 15.1. The van der Waals surface area contributed by atoms with Gasteiger partial charge in [-0.1, -0.05) is 11.6 Å². The third-order valence-corrected chi connectivity index (χ3v) is 7.28. The monoisotopic (exact) mass is 484 g/mol. The number of aliphatic hydroxyl groups is 1. The van der Waals surface area contributed by atoms with Gasteiger partial charge in [0.1, 0.15) is 12.2 Å². The predicted molar refractivity (Wildman–Crippen MR) is 132 cm³/mol.